The van der Waals surface area contributed by atoms with Crippen LogP contribution in [0.25, 0.3) is 22.8 Å². The fraction of sp³-hybridized carbons (Fsp3) is 0.111. The molecule has 1 unspecified atom stereocenters. The Kier molecular flexibility index (Phi) is 4.83. The lowest BCUT2D eigenvalue weighted by atomic mass is 10.2. The first kappa shape index (κ1) is 17.6. The second kappa shape index (κ2) is 7.42. The number of hydrogen-bond donors (Lipinski definition) is 1. The smallest absolute Gasteiger partial charge is 0.240 e. The molecule has 0 aliphatic rings. The molecule has 1 atom stereocenters. The first-order chi connectivity index (χ1) is 13.1. The second-order valence-corrected chi connectivity index (χ2v) is 7.51. The van der Waals surface area contributed by atoms with Crippen LogP contribution in [-0.4, -0.2) is 25.0 Å². The summed E-state index contributed by atoms with van der Waals surface area (Å²) in [5, 5.41) is 13.4. The normalized spacial score (nSPS) is 12.2. The molecule has 7 nitrogen and oxygen atoms in total. The summed E-state index contributed by atoms with van der Waals surface area (Å²) in [6, 6.07) is 16.9. The van der Waals surface area contributed by atoms with Crippen molar-refractivity contribution in [3.8, 4) is 22.8 Å². The molecule has 0 fully saturated rings. The van der Waals surface area contributed by atoms with Crippen molar-refractivity contribution in [2.75, 3.05) is 5.84 Å². The molecule has 2 aromatic carbocycles. The summed E-state index contributed by atoms with van der Waals surface area (Å²) in [5.74, 6) is 7.77. The topological polar surface area (TPSA) is 95.7 Å². The van der Waals surface area contributed by atoms with Crippen LogP contribution < -0.4 is 5.84 Å². The van der Waals surface area contributed by atoms with Crippen molar-refractivity contribution in [3.63, 3.8) is 0 Å². The highest BCUT2D eigenvalue weighted by Crippen LogP contribution is 2.34. The lowest BCUT2D eigenvalue weighted by Gasteiger charge is -2.06. The van der Waals surface area contributed by atoms with E-state index in [1.54, 1.807) is 12.1 Å². The largest absolute Gasteiger partial charge is 0.338 e. The molecular weight excluding hydrogens is 384 g/mol. The summed E-state index contributed by atoms with van der Waals surface area (Å²) >= 11 is 7.32. The molecule has 136 valence electrons. The second-order valence-electron chi connectivity index (χ2n) is 5.77. The van der Waals surface area contributed by atoms with E-state index < -0.39 is 0 Å². The van der Waals surface area contributed by atoms with Gasteiger partial charge in [0.05, 0.1) is 5.25 Å². The number of halogens is 1. The minimum Gasteiger partial charge on any atom is -0.338 e. The molecule has 0 spiro atoms. The van der Waals surface area contributed by atoms with Crippen LogP contribution in [0.3, 0.4) is 0 Å². The van der Waals surface area contributed by atoms with Crippen molar-refractivity contribution in [2.45, 2.75) is 17.3 Å². The van der Waals surface area contributed by atoms with E-state index in [4.69, 9.17) is 22.0 Å². The Hall–Kier alpha value is -2.84. The number of hydrogen-bond acceptors (Lipinski definition) is 7. The molecule has 0 saturated carbocycles. The van der Waals surface area contributed by atoms with Gasteiger partial charge in [0.25, 0.3) is 0 Å². The third kappa shape index (κ3) is 3.67. The van der Waals surface area contributed by atoms with Crippen molar-refractivity contribution in [2.24, 2.45) is 0 Å². The molecule has 4 rings (SSSR count). The maximum absolute atomic E-state index is 6.17. The van der Waals surface area contributed by atoms with E-state index in [0.717, 1.165) is 11.1 Å². The zero-order valence-corrected chi connectivity index (χ0v) is 15.9. The van der Waals surface area contributed by atoms with Crippen LogP contribution in [0.15, 0.2) is 64.3 Å². The molecule has 27 heavy (non-hydrogen) atoms. The molecule has 2 N–H and O–H groups in total. The highest BCUT2D eigenvalue weighted by atomic mass is 35.5. The van der Waals surface area contributed by atoms with Gasteiger partial charge in [-0.2, -0.15) is 4.98 Å². The van der Waals surface area contributed by atoms with Gasteiger partial charge in [0.2, 0.25) is 16.9 Å². The van der Waals surface area contributed by atoms with Crippen LogP contribution in [-0.2, 0) is 0 Å². The highest BCUT2D eigenvalue weighted by molar-refractivity contribution is 7.99. The molecule has 2 aromatic heterocycles. The van der Waals surface area contributed by atoms with Gasteiger partial charge in [-0.1, -0.05) is 58.9 Å². The monoisotopic (exact) mass is 398 g/mol. The average Bonchev–Trinajstić information content (AvgIpc) is 3.31. The Morgan fingerprint density at radius 1 is 1.04 bits per heavy atom. The van der Waals surface area contributed by atoms with E-state index in [0.29, 0.717) is 27.7 Å². The van der Waals surface area contributed by atoms with Crippen molar-refractivity contribution < 1.29 is 4.52 Å². The van der Waals surface area contributed by atoms with Crippen molar-refractivity contribution in [1.82, 2.24) is 25.0 Å². The van der Waals surface area contributed by atoms with Gasteiger partial charge in [-0.05, 0) is 31.2 Å². The number of nitrogens with zero attached hydrogens (tertiary/aromatic N) is 5. The predicted molar refractivity (Wildman–Crippen MR) is 105 cm³/mol. The van der Waals surface area contributed by atoms with E-state index in [1.807, 2.05) is 49.4 Å². The van der Waals surface area contributed by atoms with E-state index >= 15 is 0 Å². The number of benzene rings is 2. The number of nitrogens with two attached hydrogens (primary N) is 1. The van der Waals surface area contributed by atoms with Crippen LogP contribution in [0.1, 0.15) is 18.1 Å². The fourth-order valence-electron chi connectivity index (χ4n) is 2.47. The van der Waals surface area contributed by atoms with Gasteiger partial charge in [-0.3, -0.25) is 0 Å². The number of aromatic nitrogens is 5. The van der Waals surface area contributed by atoms with Gasteiger partial charge < -0.3 is 10.4 Å². The van der Waals surface area contributed by atoms with Crippen LogP contribution in [0.4, 0.5) is 0 Å². The van der Waals surface area contributed by atoms with Crippen LogP contribution in [0, 0.1) is 0 Å². The zero-order chi connectivity index (χ0) is 18.8. The SMILES string of the molecule is CC(Sc1nnc(-c2ccc(Cl)cc2)n1N)c1nc(-c2ccccc2)no1. The lowest BCUT2D eigenvalue weighted by Crippen LogP contribution is -2.12. The average molecular weight is 399 g/mol. The first-order valence-corrected chi connectivity index (χ1v) is 9.39. The highest BCUT2D eigenvalue weighted by Gasteiger charge is 2.21. The van der Waals surface area contributed by atoms with Gasteiger partial charge >= 0.3 is 0 Å². The van der Waals surface area contributed by atoms with E-state index in [-0.39, 0.29) is 5.25 Å². The summed E-state index contributed by atoms with van der Waals surface area (Å²) in [6.45, 7) is 1.95. The maximum atomic E-state index is 6.17. The molecule has 0 bridgehead atoms. The van der Waals surface area contributed by atoms with E-state index in [9.17, 15) is 0 Å². The lowest BCUT2D eigenvalue weighted by molar-refractivity contribution is 0.380. The first-order valence-electron chi connectivity index (χ1n) is 8.14. The number of rotatable bonds is 5. The molecule has 0 saturated heterocycles. The summed E-state index contributed by atoms with van der Waals surface area (Å²) < 4.78 is 6.85. The van der Waals surface area contributed by atoms with Crippen LogP contribution in [0.5, 0.6) is 0 Å². The van der Waals surface area contributed by atoms with Crippen molar-refractivity contribution in [3.05, 3.63) is 65.5 Å². The molecule has 4 aromatic rings. The van der Waals surface area contributed by atoms with Crippen LogP contribution >= 0.6 is 23.4 Å². The predicted octanol–water partition coefficient (Wildman–Crippen LogP) is 4.22. The quantitative estimate of drug-likeness (QED) is 0.397. The van der Waals surface area contributed by atoms with Crippen molar-refractivity contribution >= 4 is 23.4 Å². The molecule has 9 heteroatoms. The molecule has 0 aliphatic carbocycles. The minimum absolute atomic E-state index is 0.139. The van der Waals surface area contributed by atoms with Gasteiger partial charge in [0, 0.05) is 16.1 Å². The summed E-state index contributed by atoms with van der Waals surface area (Å²) in [4.78, 5) is 4.47. The van der Waals surface area contributed by atoms with Crippen LogP contribution in [0.2, 0.25) is 5.02 Å². The summed E-state index contributed by atoms with van der Waals surface area (Å²) in [5.41, 5.74) is 1.73. The molecule has 2 heterocycles. The van der Waals surface area contributed by atoms with Gasteiger partial charge in [0.1, 0.15) is 0 Å². The number of thioether (sulfide) groups is 1. The molecule has 0 aliphatic heterocycles. The Bertz CT molecular complexity index is 1050. The Morgan fingerprint density at radius 2 is 1.78 bits per heavy atom. The Labute approximate surface area is 164 Å². The zero-order valence-electron chi connectivity index (χ0n) is 14.3. The Morgan fingerprint density at radius 3 is 2.52 bits per heavy atom. The minimum atomic E-state index is -0.139. The third-order valence-electron chi connectivity index (χ3n) is 3.87. The third-order valence-corrected chi connectivity index (χ3v) is 5.17. The van der Waals surface area contributed by atoms with Crippen molar-refractivity contribution in [1.29, 1.82) is 0 Å². The Balaban J connectivity index is 1.53. The summed E-state index contributed by atoms with van der Waals surface area (Å²) in [6.07, 6.45) is 0. The summed E-state index contributed by atoms with van der Waals surface area (Å²) in [7, 11) is 0. The molecule has 0 amide bonds. The van der Waals surface area contributed by atoms with E-state index in [1.165, 1.54) is 16.4 Å². The van der Waals surface area contributed by atoms with E-state index in [2.05, 4.69) is 20.3 Å². The fourth-order valence-corrected chi connectivity index (χ4v) is 3.39. The van der Waals surface area contributed by atoms with Gasteiger partial charge in [-0.15, -0.1) is 10.2 Å². The van der Waals surface area contributed by atoms with Gasteiger partial charge in [-0.25, -0.2) is 4.68 Å². The maximum Gasteiger partial charge on any atom is 0.240 e. The molecule has 0 radical (unpaired) electrons. The standard InChI is InChI=1S/C18H15ClN6OS/c1-11(17-21-15(24-26-17)12-5-3-2-4-6-12)27-18-23-22-16(25(18)20)13-7-9-14(19)10-8-13/h2-11H,20H2,1H3. The van der Waals surface area contributed by atoms with Gasteiger partial charge in [0.15, 0.2) is 5.82 Å². The molecular formula is C18H15ClN6OS. The number of nitrogen functional groups attached to an aromatic ring is 1.